The number of hydrogen-bond acceptors (Lipinski definition) is 3. The normalized spacial score (nSPS) is 31.1. The number of aliphatic hydroxyl groups is 1. The molecule has 2 fully saturated rings. The topological polar surface area (TPSA) is 49.8 Å². The van der Waals surface area contributed by atoms with Crippen LogP contribution < -0.4 is 0 Å². The third kappa shape index (κ3) is 4.61. The van der Waals surface area contributed by atoms with Crippen LogP contribution in [0.15, 0.2) is 0 Å². The molecule has 1 aliphatic carbocycles. The van der Waals surface area contributed by atoms with Crippen molar-refractivity contribution < 1.29 is 14.6 Å². The number of ether oxygens (including phenoxy) is 1. The Labute approximate surface area is 135 Å². The molecule has 1 aliphatic heterocycles. The van der Waals surface area contributed by atoms with Crippen molar-refractivity contribution in [2.45, 2.75) is 77.9 Å². The molecular weight excluding hydrogens is 278 g/mol. The zero-order chi connectivity index (χ0) is 16.3. The van der Waals surface area contributed by atoms with Crippen molar-refractivity contribution in [3.63, 3.8) is 0 Å². The highest BCUT2D eigenvalue weighted by Gasteiger charge is 2.37. The zero-order valence-corrected chi connectivity index (χ0v) is 14.7. The largest absolute Gasteiger partial charge is 0.444 e. The molecule has 0 aromatic rings. The van der Waals surface area contributed by atoms with Crippen molar-refractivity contribution in [1.82, 2.24) is 4.90 Å². The summed E-state index contributed by atoms with van der Waals surface area (Å²) in [6.45, 7) is 9.27. The molecule has 4 heteroatoms. The third-order valence-electron chi connectivity index (χ3n) is 5.24. The van der Waals surface area contributed by atoms with Crippen LogP contribution in [0, 0.1) is 17.8 Å². The Bertz CT molecular complexity index is 377. The van der Waals surface area contributed by atoms with Crippen LogP contribution >= 0.6 is 0 Å². The van der Waals surface area contributed by atoms with E-state index in [1.807, 2.05) is 20.8 Å². The summed E-state index contributed by atoms with van der Waals surface area (Å²) in [4.78, 5) is 13.9. The number of rotatable bonds is 3. The number of hydrogen-bond donors (Lipinski definition) is 1. The van der Waals surface area contributed by atoms with Gasteiger partial charge in [-0.2, -0.15) is 0 Å². The number of carbonyl (C=O) groups excluding carboxylic acids is 1. The maximum Gasteiger partial charge on any atom is 0.410 e. The van der Waals surface area contributed by atoms with Gasteiger partial charge in [0.15, 0.2) is 0 Å². The van der Waals surface area contributed by atoms with Gasteiger partial charge >= 0.3 is 6.09 Å². The second kappa shape index (κ2) is 7.20. The van der Waals surface area contributed by atoms with Crippen LogP contribution in [-0.2, 0) is 4.74 Å². The summed E-state index contributed by atoms with van der Waals surface area (Å²) < 4.78 is 5.43. The molecule has 0 aromatic carbocycles. The fourth-order valence-corrected chi connectivity index (χ4v) is 3.96. The van der Waals surface area contributed by atoms with Gasteiger partial charge < -0.3 is 14.7 Å². The van der Waals surface area contributed by atoms with Crippen molar-refractivity contribution in [2.24, 2.45) is 17.8 Å². The van der Waals surface area contributed by atoms with E-state index >= 15 is 0 Å². The summed E-state index contributed by atoms with van der Waals surface area (Å²) in [5.74, 6) is 1.41. The van der Waals surface area contributed by atoms with E-state index in [1.54, 1.807) is 4.90 Å². The van der Waals surface area contributed by atoms with E-state index in [9.17, 15) is 9.90 Å². The van der Waals surface area contributed by atoms with Gasteiger partial charge in [0.05, 0.1) is 6.10 Å². The zero-order valence-electron chi connectivity index (χ0n) is 14.7. The van der Waals surface area contributed by atoms with E-state index in [0.717, 1.165) is 25.2 Å². The van der Waals surface area contributed by atoms with E-state index < -0.39 is 5.60 Å². The fraction of sp³-hybridized carbons (Fsp3) is 0.944. The Morgan fingerprint density at radius 3 is 2.64 bits per heavy atom. The summed E-state index contributed by atoms with van der Waals surface area (Å²) in [6, 6.07) is 0. The summed E-state index contributed by atoms with van der Waals surface area (Å²) in [5.41, 5.74) is -0.453. The van der Waals surface area contributed by atoms with Crippen LogP contribution in [-0.4, -0.2) is 40.9 Å². The molecule has 1 heterocycles. The lowest BCUT2D eigenvalue weighted by atomic mass is 9.75. The first-order valence-corrected chi connectivity index (χ1v) is 8.96. The molecule has 4 atom stereocenters. The van der Waals surface area contributed by atoms with Gasteiger partial charge in [0.1, 0.15) is 5.60 Å². The van der Waals surface area contributed by atoms with Crippen LogP contribution in [0.2, 0.25) is 0 Å². The quantitative estimate of drug-likeness (QED) is 0.862. The monoisotopic (exact) mass is 311 g/mol. The van der Waals surface area contributed by atoms with Crippen LogP contribution in [0.4, 0.5) is 4.79 Å². The number of amides is 1. The molecule has 0 spiro atoms. The van der Waals surface area contributed by atoms with Crippen molar-refractivity contribution >= 4 is 6.09 Å². The number of carbonyl (C=O) groups is 1. The third-order valence-corrected chi connectivity index (χ3v) is 5.24. The molecule has 0 aromatic heterocycles. The minimum atomic E-state index is -0.453. The van der Waals surface area contributed by atoms with E-state index in [0.29, 0.717) is 19.0 Å². The Hall–Kier alpha value is -0.770. The maximum atomic E-state index is 12.1. The summed E-state index contributed by atoms with van der Waals surface area (Å²) in [7, 11) is 0. The number of aliphatic hydroxyl groups excluding tert-OH is 1. The minimum absolute atomic E-state index is 0.216. The maximum absolute atomic E-state index is 12.1. The molecular formula is C18H33NO3. The molecule has 2 aliphatic rings. The molecule has 4 nitrogen and oxygen atoms in total. The highest BCUT2D eigenvalue weighted by molar-refractivity contribution is 5.68. The predicted octanol–water partition coefficient (Wildman–Crippen LogP) is 3.82. The van der Waals surface area contributed by atoms with Crippen molar-refractivity contribution in [2.75, 3.05) is 13.1 Å². The summed E-state index contributed by atoms with van der Waals surface area (Å²) in [6.07, 6.45) is 6.46. The number of likely N-dealkylation sites (tertiary alicyclic amines) is 1. The van der Waals surface area contributed by atoms with Crippen molar-refractivity contribution in [3.8, 4) is 0 Å². The second-order valence-corrected chi connectivity index (χ2v) is 8.17. The molecule has 4 unspecified atom stereocenters. The van der Waals surface area contributed by atoms with E-state index in [4.69, 9.17) is 4.74 Å². The van der Waals surface area contributed by atoms with Gasteiger partial charge in [-0.05, 0) is 51.9 Å². The first-order valence-electron chi connectivity index (χ1n) is 8.96. The first-order chi connectivity index (χ1) is 10.3. The molecule has 22 heavy (non-hydrogen) atoms. The van der Waals surface area contributed by atoms with Crippen LogP contribution in [0.5, 0.6) is 0 Å². The van der Waals surface area contributed by atoms with Gasteiger partial charge in [0.2, 0.25) is 0 Å². The standard InChI is InChI=1S/C18H33NO3/c1-5-13-7-6-8-14(11-13)16(20)15-9-10-19(12-15)17(21)22-18(2,3)4/h13-16,20H,5-12H2,1-4H3. The highest BCUT2D eigenvalue weighted by atomic mass is 16.6. The van der Waals surface area contributed by atoms with Gasteiger partial charge in [-0.25, -0.2) is 4.79 Å². The SMILES string of the molecule is CCC1CCCC(C(O)C2CCN(C(=O)OC(C)(C)C)C2)C1. The first kappa shape index (κ1) is 17.6. The minimum Gasteiger partial charge on any atom is -0.444 e. The van der Waals surface area contributed by atoms with E-state index in [-0.39, 0.29) is 18.1 Å². The molecule has 1 amide bonds. The van der Waals surface area contributed by atoms with Crippen LogP contribution in [0.25, 0.3) is 0 Å². The average molecular weight is 311 g/mol. The van der Waals surface area contributed by atoms with Crippen molar-refractivity contribution in [1.29, 1.82) is 0 Å². The molecule has 0 bridgehead atoms. The van der Waals surface area contributed by atoms with E-state index in [1.165, 1.54) is 19.3 Å². The molecule has 1 saturated heterocycles. The van der Waals surface area contributed by atoms with Crippen LogP contribution in [0.1, 0.15) is 66.2 Å². The second-order valence-electron chi connectivity index (χ2n) is 8.17. The van der Waals surface area contributed by atoms with Gasteiger partial charge in [-0.15, -0.1) is 0 Å². The lowest BCUT2D eigenvalue weighted by Gasteiger charge is -2.34. The lowest BCUT2D eigenvalue weighted by Crippen LogP contribution is -2.38. The van der Waals surface area contributed by atoms with Gasteiger partial charge in [0.25, 0.3) is 0 Å². The van der Waals surface area contributed by atoms with Crippen molar-refractivity contribution in [3.05, 3.63) is 0 Å². The highest BCUT2D eigenvalue weighted by Crippen LogP contribution is 2.37. The van der Waals surface area contributed by atoms with Gasteiger partial charge in [-0.1, -0.05) is 26.2 Å². The lowest BCUT2D eigenvalue weighted by molar-refractivity contribution is 0.0146. The van der Waals surface area contributed by atoms with Crippen LogP contribution in [0.3, 0.4) is 0 Å². The molecule has 128 valence electrons. The fourth-order valence-electron chi connectivity index (χ4n) is 3.96. The van der Waals surface area contributed by atoms with Gasteiger partial charge in [-0.3, -0.25) is 0 Å². The molecule has 2 rings (SSSR count). The van der Waals surface area contributed by atoms with Gasteiger partial charge in [0, 0.05) is 19.0 Å². The number of nitrogens with zero attached hydrogens (tertiary/aromatic N) is 1. The summed E-state index contributed by atoms with van der Waals surface area (Å²) in [5, 5.41) is 10.7. The molecule has 1 saturated carbocycles. The Morgan fingerprint density at radius 1 is 1.27 bits per heavy atom. The summed E-state index contributed by atoms with van der Waals surface area (Å²) >= 11 is 0. The predicted molar refractivity (Wildman–Crippen MR) is 87.7 cm³/mol. The Morgan fingerprint density at radius 2 is 2.00 bits per heavy atom. The Balaban J connectivity index is 1.85. The smallest absolute Gasteiger partial charge is 0.410 e. The van der Waals surface area contributed by atoms with E-state index in [2.05, 4.69) is 6.92 Å². The average Bonchev–Trinajstić information content (AvgIpc) is 2.94. The molecule has 1 N–H and O–H groups in total. The Kier molecular flexibility index (Phi) is 5.76. The molecule has 0 radical (unpaired) electrons.